The van der Waals surface area contributed by atoms with Crippen LogP contribution in [0.1, 0.15) is 11.1 Å². The van der Waals surface area contributed by atoms with Gasteiger partial charge in [0.2, 0.25) is 0 Å². The summed E-state index contributed by atoms with van der Waals surface area (Å²) in [4.78, 5) is 0. The fourth-order valence-corrected chi connectivity index (χ4v) is 1.70. The Hall–Kier alpha value is -1.54. The minimum Gasteiger partial charge on any atom is -0.392 e. The summed E-state index contributed by atoms with van der Waals surface area (Å²) >= 11 is 0. The number of nitrogens with one attached hydrogen (secondary N) is 1. The second kappa shape index (κ2) is 4.32. The van der Waals surface area contributed by atoms with Gasteiger partial charge in [-0.2, -0.15) is 0 Å². The molecular weight excluding hydrogens is 186 g/mol. The molecule has 0 saturated heterocycles. The van der Waals surface area contributed by atoms with Crippen LogP contribution in [0.2, 0.25) is 0 Å². The lowest BCUT2D eigenvalue weighted by atomic mass is 10.0. The van der Waals surface area contributed by atoms with Crippen molar-refractivity contribution in [2.75, 3.05) is 13.2 Å². The Morgan fingerprint density at radius 3 is 2.67 bits per heavy atom. The molecule has 1 aliphatic heterocycles. The fraction of sp³-hybridized carbons (Fsp3) is 0.231. The zero-order chi connectivity index (χ0) is 10.7. The van der Waals surface area contributed by atoms with Crippen molar-refractivity contribution in [3.8, 4) is 0 Å². The fourth-order valence-electron chi connectivity index (χ4n) is 1.70. The molecule has 2 N–H and O–H groups in total. The summed E-state index contributed by atoms with van der Waals surface area (Å²) < 4.78 is 0. The molecule has 2 rings (SSSR count). The Morgan fingerprint density at radius 1 is 1.27 bits per heavy atom. The van der Waals surface area contributed by atoms with E-state index in [1.165, 1.54) is 11.1 Å². The maximum absolute atomic E-state index is 8.96. The van der Waals surface area contributed by atoms with Crippen molar-refractivity contribution in [3.05, 3.63) is 53.1 Å². The molecule has 0 amide bonds. The highest BCUT2D eigenvalue weighted by molar-refractivity contribution is 5.69. The molecule has 1 heterocycles. The zero-order valence-electron chi connectivity index (χ0n) is 8.83. The van der Waals surface area contributed by atoms with Crippen LogP contribution in [0.15, 0.2) is 42.0 Å². The lowest BCUT2D eigenvalue weighted by molar-refractivity contribution is 0.328. The van der Waals surface area contributed by atoms with Crippen molar-refractivity contribution in [3.63, 3.8) is 0 Å². The Morgan fingerprint density at radius 2 is 2.07 bits per heavy atom. The van der Waals surface area contributed by atoms with E-state index in [9.17, 15) is 0 Å². The van der Waals surface area contributed by atoms with Gasteiger partial charge in [-0.25, -0.2) is 0 Å². The molecule has 0 bridgehead atoms. The highest BCUT2D eigenvalue weighted by Gasteiger charge is 2.07. The summed E-state index contributed by atoms with van der Waals surface area (Å²) in [5, 5.41) is 12.3. The van der Waals surface area contributed by atoms with Crippen LogP contribution in [-0.4, -0.2) is 18.3 Å². The number of hydrogen-bond donors (Lipinski definition) is 2. The molecule has 0 spiro atoms. The molecule has 1 aliphatic rings. The van der Waals surface area contributed by atoms with Crippen LogP contribution in [0.4, 0.5) is 0 Å². The van der Waals surface area contributed by atoms with E-state index < -0.39 is 0 Å². The van der Waals surface area contributed by atoms with Gasteiger partial charge in [-0.15, -0.1) is 0 Å². The predicted octanol–water partition coefficient (Wildman–Crippen LogP) is 1.86. The Labute approximate surface area is 89.9 Å². The van der Waals surface area contributed by atoms with E-state index >= 15 is 0 Å². The normalized spacial score (nSPS) is 15.3. The predicted molar refractivity (Wildman–Crippen MR) is 62.3 cm³/mol. The zero-order valence-corrected chi connectivity index (χ0v) is 8.83. The van der Waals surface area contributed by atoms with E-state index in [0.717, 1.165) is 17.8 Å². The molecule has 0 aromatic heterocycles. The second-order valence-corrected chi connectivity index (χ2v) is 3.73. The molecule has 0 unspecified atom stereocenters. The maximum Gasteiger partial charge on any atom is 0.0661 e. The van der Waals surface area contributed by atoms with Crippen molar-refractivity contribution in [2.24, 2.45) is 0 Å². The van der Waals surface area contributed by atoms with Gasteiger partial charge in [-0.3, -0.25) is 0 Å². The third kappa shape index (κ3) is 2.10. The average Bonchev–Trinajstić information content (AvgIpc) is 2.30. The third-order valence-electron chi connectivity index (χ3n) is 2.63. The van der Waals surface area contributed by atoms with Gasteiger partial charge in [0.1, 0.15) is 0 Å². The summed E-state index contributed by atoms with van der Waals surface area (Å²) in [7, 11) is 0. The molecule has 78 valence electrons. The third-order valence-corrected chi connectivity index (χ3v) is 2.63. The molecular formula is C13H15NO. The highest BCUT2D eigenvalue weighted by atomic mass is 16.3. The Bertz CT molecular complexity index is 418. The van der Waals surface area contributed by atoms with Gasteiger partial charge in [0.25, 0.3) is 0 Å². The number of aliphatic hydroxyl groups is 1. The van der Waals surface area contributed by atoms with Gasteiger partial charge < -0.3 is 10.4 Å². The number of benzene rings is 1. The van der Waals surface area contributed by atoms with E-state index in [-0.39, 0.29) is 6.61 Å². The number of allylic oxidation sites excluding steroid dienone is 2. The molecule has 0 saturated carbocycles. The van der Waals surface area contributed by atoms with Crippen LogP contribution >= 0.6 is 0 Å². The van der Waals surface area contributed by atoms with Crippen LogP contribution in [0.5, 0.6) is 0 Å². The van der Waals surface area contributed by atoms with Crippen molar-refractivity contribution in [1.29, 1.82) is 0 Å². The number of aliphatic hydroxyl groups excluding tert-OH is 1. The van der Waals surface area contributed by atoms with E-state index in [2.05, 4.69) is 24.4 Å². The van der Waals surface area contributed by atoms with Gasteiger partial charge in [-0.1, -0.05) is 30.3 Å². The van der Waals surface area contributed by atoms with Crippen molar-refractivity contribution in [1.82, 2.24) is 5.32 Å². The summed E-state index contributed by atoms with van der Waals surface area (Å²) in [6.07, 6.45) is 4.01. The molecule has 2 heteroatoms. The Balaban J connectivity index is 2.30. The number of rotatable bonds is 2. The van der Waals surface area contributed by atoms with Crippen LogP contribution < -0.4 is 5.32 Å². The lowest BCUT2D eigenvalue weighted by Crippen LogP contribution is -2.20. The minimum absolute atomic E-state index is 0.130. The first-order valence-electron chi connectivity index (χ1n) is 5.11. The van der Waals surface area contributed by atoms with Crippen LogP contribution in [-0.2, 0) is 0 Å². The van der Waals surface area contributed by atoms with Gasteiger partial charge in [-0.05, 0) is 24.1 Å². The largest absolute Gasteiger partial charge is 0.392 e. The van der Waals surface area contributed by atoms with Gasteiger partial charge in [0, 0.05) is 17.8 Å². The number of hydrogen-bond acceptors (Lipinski definition) is 2. The van der Waals surface area contributed by atoms with E-state index in [1.807, 2.05) is 24.3 Å². The first-order valence-corrected chi connectivity index (χ1v) is 5.11. The number of aryl methyl sites for hydroxylation is 1. The summed E-state index contributed by atoms with van der Waals surface area (Å²) in [6.45, 7) is 2.96. The Kier molecular flexibility index (Phi) is 2.88. The first-order chi connectivity index (χ1) is 7.31. The lowest BCUT2D eigenvalue weighted by Gasteiger charge is -2.17. The van der Waals surface area contributed by atoms with Gasteiger partial charge >= 0.3 is 0 Å². The summed E-state index contributed by atoms with van der Waals surface area (Å²) in [6, 6.07) is 8.28. The summed E-state index contributed by atoms with van der Waals surface area (Å²) in [5.41, 5.74) is 4.64. The smallest absolute Gasteiger partial charge is 0.0661 e. The monoisotopic (exact) mass is 201 g/mol. The minimum atomic E-state index is 0.130. The van der Waals surface area contributed by atoms with Crippen molar-refractivity contribution < 1.29 is 5.11 Å². The van der Waals surface area contributed by atoms with Gasteiger partial charge in [0.15, 0.2) is 0 Å². The SMILES string of the molecule is Cc1ccccc1C1=CC=C(CO)CN1. The second-order valence-electron chi connectivity index (χ2n) is 3.73. The van der Waals surface area contributed by atoms with Crippen molar-refractivity contribution >= 4 is 5.70 Å². The quantitative estimate of drug-likeness (QED) is 0.765. The molecule has 0 aliphatic carbocycles. The molecule has 0 radical (unpaired) electrons. The van der Waals surface area contributed by atoms with Crippen LogP contribution in [0, 0.1) is 6.92 Å². The number of dihydropyridines is 1. The van der Waals surface area contributed by atoms with E-state index in [1.54, 1.807) is 0 Å². The molecule has 0 fully saturated rings. The van der Waals surface area contributed by atoms with E-state index in [4.69, 9.17) is 5.11 Å². The highest BCUT2D eigenvalue weighted by Crippen LogP contribution is 2.18. The van der Waals surface area contributed by atoms with E-state index in [0.29, 0.717) is 0 Å². The maximum atomic E-state index is 8.96. The first kappa shape index (κ1) is 9.99. The van der Waals surface area contributed by atoms with Crippen molar-refractivity contribution in [2.45, 2.75) is 6.92 Å². The molecule has 0 atom stereocenters. The molecule has 2 nitrogen and oxygen atoms in total. The van der Waals surface area contributed by atoms with Crippen LogP contribution in [0.3, 0.4) is 0 Å². The topological polar surface area (TPSA) is 32.3 Å². The van der Waals surface area contributed by atoms with Gasteiger partial charge in [0.05, 0.1) is 6.61 Å². The van der Waals surface area contributed by atoms with Crippen LogP contribution in [0.25, 0.3) is 5.70 Å². The molecule has 1 aromatic carbocycles. The molecule has 1 aromatic rings. The summed E-state index contributed by atoms with van der Waals surface area (Å²) in [5.74, 6) is 0. The standard InChI is InChI=1S/C13H15NO/c1-10-4-2-3-5-12(10)13-7-6-11(9-15)8-14-13/h2-7,14-15H,8-9H2,1H3. The molecule has 15 heavy (non-hydrogen) atoms. The average molecular weight is 201 g/mol.